The summed E-state index contributed by atoms with van der Waals surface area (Å²) in [5, 5.41) is 3.76. The quantitative estimate of drug-likeness (QED) is 0.345. The van der Waals surface area contributed by atoms with E-state index in [1.807, 2.05) is 18.2 Å². The zero-order chi connectivity index (χ0) is 18.0. The zero-order valence-corrected chi connectivity index (χ0v) is 16.2. The number of carbonyl (C=O) groups excluding carboxylic acids is 2. The van der Waals surface area contributed by atoms with Gasteiger partial charge in [-0.05, 0) is 37.7 Å². The van der Waals surface area contributed by atoms with Crippen molar-refractivity contribution in [3.05, 3.63) is 34.4 Å². The van der Waals surface area contributed by atoms with E-state index in [1.165, 1.54) is 4.57 Å². The number of alkyl halides is 1. The number of fused-ring (bicyclic) bond motifs is 1. The van der Waals surface area contributed by atoms with Crippen LogP contribution >= 0.6 is 27.7 Å². The molecule has 1 aromatic carbocycles. The molecule has 6 nitrogen and oxygen atoms in total. The van der Waals surface area contributed by atoms with Crippen LogP contribution in [0.15, 0.2) is 27.9 Å². The van der Waals surface area contributed by atoms with Crippen molar-refractivity contribution in [2.75, 3.05) is 11.1 Å². The SMILES string of the molecule is Cc1nc2cccc(SCCCBr)c2c(=O)n1C1CCC(=O)NC1=O. The summed E-state index contributed by atoms with van der Waals surface area (Å²) < 4.78 is 1.43. The van der Waals surface area contributed by atoms with Crippen LogP contribution in [-0.2, 0) is 9.59 Å². The third-order valence-electron chi connectivity index (χ3n) is 4.13. The number of benzene rings is 1. The van der Waals surface area contributed by atoms with Crippen LogP contribution in [0.5, 0.6) is 0 Å². The molecule has 1 aromatic heterocycles. The first-order valence-corrected chi connectivity index (χ1v) is 10.2. The molecule has 1 saturated heterocycles. The lowest BCUT2D eigenvalue weighted by Crippen LogP contribution is -2.45. The molecule has 2 amide bonds. The van der Waals surface area contributed by atoms with Crippen molar-refractivity contribution in [1.29, 1.82) is 0 Å². The number of hydrogen-bond acceptors (Lipinski definition) is 5. The van der Waals surface area contributed by atoms with Crippen molar-refractivity contribution in [1.82, 2.24) is 14.9 Å². The highest BCUT2D eigenvalue weighted by Gasteiger charge is 2.30. The smallest absolute Gasteiger partial charge is 0.263 e. The highest BCUT2D eigenvalue weighted by molar-refractivity contribution is 9.09. The summed E-state index contributed by atoms with van der Waals surface area (Å²) in [6.07, 6.45) is 1.53. The van der Waals surface area contributed by atoms with Crippen LogP contribution in [-0.4, -0.2) is 32.4 Å². The average molecular weight is 424 g/mol. The first kappa shape index (κ1) is 18.1. The van der Waals surface area contributed by atoms with Crippen LogP contribution in [0, 0.1) is 6.92 Å². The molecule has 132 valence electrons. The number of rotatable bonds is 5. The predicted molar refractivity (Wildman–Crippen MR) is 101 cm³/mol. The fourth-order valence-corrected chi connectivity index (χ4v) is 4.65. The summed E-state index contributed by atoms with van der Waals surface area (Å²) in [6, 6.07) is 4.92. The number of thioether (sulfide) groups is 1. The van der Waals surface area contributed by atoms with E-state index in [0.29, 0.717) is 23.1 Å². The van der Waals surface area contributed by atoms with Crippen LogP contribution in [0.25, 0.3) is 10.9 Å². The predicted octanol–water partition coefficient (Wildman–Crippen LogP) is 2.56. The summed E-state index contributed by atoms with van der Waals surface area (Å²) in [5.41, 5.74) is 0.411. The van der Waals surface area contributed by atoms with Crippen molar-refractivity contribution in [3.8, 4) is 0 Å². The summed E-state index contributed by atoms with van der Waals surface area (Å²) >= 11 is 5.02. The molecule has 25 heavy (non-hydrogen) atoms. The normalized spacial score (nSPS) is 17.8. The maximum Gasteiger partial charge on any atom is 0.263 e. The number of hydrogen-bond donors (Lipinski definition) is 1. The van der Waals surface area contributed by atoms with E-state index in [9.17, 15) is 14.4 Å². The first-order chi connectivity index (χ1) is 12.0. The summed E-state index contributed by atoms with van der Waals surface area (Å²) in [6.45, 7) is 1.72. The van der Waals surface area contributed by atoms with Crippen LogP contribution in [0.4, 0.5) is 0 Å². The highest BCUT2D eigenvalue weighted by Crippen LogP contribution is 2.27. The van der Waals surface area contributed by atoms with E-state index in [4.69, 9.17) is 0 Å². The lowest BCUT2D eigenvalue weighted by molar-refractivity contribution is -0.135. The second kappa shape index (κ2) is 7.70. The molecule has 1 N–H and O–H groups in total. The second-order valence-corrected chi connectivity index (χ2v) is 7.77. The van der Waals surface area contributed by atoms with Gasteiger partial charge in [-0.25, -0.2) is 4.98 Å². The Bertz CT molecular complexity index is 897. The number of imide groups is 1. The van der Waals surface area contributed by atoms with Crippen molar-refractivity contribution in [3.63, 3.8) is 0 Å². The van der Waals surface area contributed by atoms with Gasteiger partial charge in [0.25, 0.3) is 5.56 Å². The molecular formula is C17H18BrN3O3S. The molecule has 0 saturated carbocycles. The maximum atomic E-state index is 13.2. The summed E-state index contributed by atoms with van der Waals surface area (Å²) in [4.78, 5) is 42.2. The Labute approximate surface area is 157 Å². The molecule has 1 atom stereocenters. The van der Waals surface area contributed by atoms with E-state index >= 15 is 0 Å². The Morgan fingerprint density at radius 2 is 2.16 bits per heavy atom. The molecule has 8 heteroatoms. The number of aryl methyl sites for hydroxylation is 1. The third-order valence-corrected chi connectivity index (χ3v) is 5.83. The molecule has 0 aliphatic carbocycles. The third kappa shape index (κ3) is 3.64. The molecule has 1 unspecified atom stereocenters. The largest absolute Gasteiger partial charge is 0.295 e. The molecule has 1 aliphatic heterocycles. The number of nitrogens with zero attached hydrogens (tertiary/aromatic N) is 2. The molecular weight excluding hydrogens is 406 g/mol. The highest BCUT2D eigenvalue weighted by atomic mass is 79.9. The van der Waals surface area contributed by atoms with Gasteiger partial charge in [0.1, 0.15) is 11.9 Å². The van der Waals surface area contributed by atoms with Crippen molar-refractivity contribution in [2.24, 2.45) is 0 Å². The Morgan fingerprint density at radius 3 is 2.88 bits per heavy atom. The molecule has 1 aliphatic rings. The minimum atomic E-state index is -0.692. The average Bonchev–Trinajstić information content (AvgIpc) is 2.56. The van der Waals surface area contributed by atoms with Crippen LogP contribution in [0.3, 0.4) is 0 Å². The van der Waals surface area contributed by atoms with E-state index in [2.05, 4.69) is 26.2 Å². The Hall–Kier alpha value is -1.67. The van der Waals surface area contributed by atoms with Gasteiger partial charge in [0.15, 0.2) is 0 Å². The van der Waals surface area contributed by atoms with Crippen LogP contribution < -0.4 is 10.9 Å². The minimum Gasteiger partial charge on any atom is -0.295 e. The van der Waals surface area contributed by atoms with Crippen molar-refractivity contribution in [2.45, 2.75) is 37.1 Å². The molecule has 0 bridgehead atoms. The monoisotopic (exact) mass is 423 g/mol. The zero-order valence-electron chi connectivity index (χ0n) is 13.8. The summed E-state index contributed by atoms with van der Waals surface area (Å²) in [7, 11) is 0. The number of carbonyl (C=O) groups is 2. The fraction of sp³-hybridized carbons (Fsp3) is 0.412. The van der Waals surface area contributed by atoms with Crippen molar-refractivity contribution >= 4 is 50.4 Å². The summed E-state index contributed by atoms with van der Waals surface area (Å²) in [5.74, 6) is 0.629. The molecule has 2 aromatic rings. The van der Waals surface area contributed by atoms with E-state index < -0.39 is 11.9 Å². The minimum absolute atomic E-state index is 0.223. The molecule has 2 heterocycles. The van der Waals surface area contributed by atoms with E-state index in [1.54, 1.807) is 18.7 Å². The number of amides is 2. The van der Waals surface area contributed by atoms with Gasteiger partial charge < -0.3 is 0 Å². The van der Waals surface area contributed by atoms with E-state index in [-0.39, 0.29) is 17.9 Å². The van der Waals surface area contributed by atoms with Gasteiger partial charge >= 0.3 is 0 Å². The number of aromatic nitrogens is 2. The van der Waals surface area contributed by atoms with Crippen molar-refractivity contribution < 1.29 is 9.59 Å². The molecule has 0 radical (unpaired) electrons. The number of halogens is 1. The Morgan fingerprint density at radius 1 is 1.36 bits per heavy atom. The first-order valence-electron chi connectivity index (χ1n) is 8.07. The Balaban J connectivity index is 2.10. The molecule has 1 fully saturated rings. The van der Waals surface area contributed by atoms with Crippen LogP contribution in [0.2, 0.25) is 0 Å². The second-order valence-electron chi connectivity index (χ2n) is 5.84. The maximum absolute atomic E-state index is 13.2. The topological polar surface area (TPSA) is 81.1 Å². The standard InChI is InChI=1S/C17H18BrN3O3S/c1-10-19-11-4-2-5-13(25-9-3-8-18)15(11)17(24)21(10)12-6-7-14(22)20-16(12)23/h2,4-5,12H,3,6-9H2,1H3,(H,20,22,23). The van der Waals surface area contributed by atoms with Gasteiger partial charge in [-0.3, -0.25) is 24.3 Å². The lowest BCUT2D eigenvalue weighted by Gasteiger charge is -2.24. The number of piperidine rings is 1. The Kier molecular flexibility index (Phi) is 5.58. The number of nitrogens with one attached hydrogen (secondary N) is 1. The van der Waals surface area contributed by atoms with E-state index in [0.717, 1.165) is 22.4 Å². The van der Waals surface area contributed by atoms with Gasteiger partial charge in [0.2, 0.25) is 11.8 Å². The molecule has 3 rings (SSSR count). The van der Waals surface area contributed by atoms with Gasteiger partial charge in [-0.2, -0.15) is 0 Å². The van der Waals surface area contributed by atoms with Gasteiger partial charge in [-0.15, -0.1) is 11.8 Å². The van der Waals surface area contributed by atoms with Gasteiger partial charge in [0.05, 0.1) is 10.9 Å². The van der Waals surface area contributed by atoms with Crippen LogP contribution in [0.1, 0.15) is 31.1 Å². The molecule has 0 spiro atoms. The van der Waals surface area contributed by atoms with Gasteiger partial charge in [0, 0.05) is 16.6 Å². The fourth-order valence-electron chi connectivity index (χ4n) is 2.98. The van der Waals surface area contributed by atoms with Gasteiger partial charge in [-0.1, -0.05) is 22.0 Å². The lowest BCUT2D eigenvalue weighted by atomic mass is 10.1.